The zero-order chi connectivity index (χ0) is 12.9. The first-order valence-electron chi connectivity index (χ1n) is 4.71. The van der Waals surface area contributed by atoms with E-state index < -0.39 is 18.6 Å². The second kappa shape index (κ2) is 5.45. The fourth-order valence-corrected chi connectivity index (χ4v) is 1.33. The number of alkyl halides is 3. The summed E-state index contributed by atoms with van der Waals surface area (Å²) in [7, 11) is 1.45. The van der Waals surface area contributed by atoms with Gasteiger partial charge in [-0.1, -0.05) is 17.2 Å². The highest BCUT2D eigenvalue weighted by Crippen LogP contribution is 2.32. The Morgan fingerprint density at radius 1 is 1.35 bits per heavy atom. The van der Waals surface area contributed by atoms with Crippen LogP contribution in [0.2, 0.25) is 0 Å². The Bertz CT molecular complexity index is 410. The van der Waals surface area contributed by atoms with Gasteiger partial charge in [0.2, 0.25) is 0 Å². The minimum Gasteiger partial charge on any atom is -0.497 e. The van der Waals surface area contributed by atoms with Gasteiger partial charge in [0, 0.05) is 4.91 Å². The highest BCUT2D eigenvalue weighted by atomic mass is 19.4. The van der Waals surface area contributed by atoms with E-state index in [-0.39, 0.29) is 0 Å². The zero-order valence-electron chi connectivity index (χ0n) is 8.98. The van der Waals surface area contributed by atoms with E-state index in [0.29, 0.717) is 11.3 Å². The predicted molar refractivity (Wildman–Crippen MR) is 55.6 cm³/mol. The first kappa shape index (κ1) is 13.2. The van der Waals surface area contributed by atoms with E-state index in [9.17, 15) is 13.2 Å². The molecule has 0 fully saturated rings. The van der Waals surface area contributed by atoms with Crippen LogP contribution in [0.4, 0.5) is 13.2 Å². The number of hydrogen-bond donors (Lipinski definition) is 0. The SMILES string of the molecule is COc1ccc(C(CC(F)(F)F)N=[N+]=[N-])cc1. The lowest BCUT2D eigenvalue weighted by molar-refractivity contribution is -0.138. The van der Waals surface area contributed by atoms with Gasteiger partial charge in [0.1, 0.15) is 5.75 Å². The fraction of sp³-hybridized carbons (Fsp3) is 0.400. The molecule has 1 rings (SSSR count). The van der Waals surface area contributed by atoms with Crippen molar-refractivity contribution in [2.24, 2.45) is 5.11 Å². The average molecular weight is 245 g/mol. The van der Waals surface area contributed by atoms with Crippen LogP contribution in [0.15, 0.2) is 29.4 Å². The minimum absolute atomic E-state index is 0.306. The van der Waals surface area contributed by atoms with Gasteiger partial charge in [0.25, 0.3) is 0 Å². The van der Waals surface area contributed by atoms with Crippen LogP contribution in [-0.4, -0.2) is 13.3 Å². The molecular formula is C10H10F3N3O. The molecule has 17 heavy (non-hydrogen) atoms. The third kappa shape index (κ3) is 4.24. The molecule has 0 spiro atoms. The molecule has 0 saturated heterocycles. The second-order valence-corrected chi connectivity index (χ2v) is 3.31. The molecule has 0 aliphatic rings. The molecule has 1 atom stereocenters. The fourth-order valence-electron chi connectivity index (χ4n) is 1.33. The monoisotopic (exact) mass is 245 g/mol. The number of ether oxygens (including phenoxy) is 1. The minimum atomic E-state index is -4.38. The summed E-state index contributed by atoms with van der Waals surface area (Å²) in [4.78, 5) is 2.43. The molecule has 4 nitrogen and oxygen atoms in total. The van der Waals surface area contributed by atoms with Gasteiger partial charge in [-0.25, -0.2) is 0 Å². The van der Waals surface area contributed by atoms with Gasteiger partial charge in [-0.05, 0) is 23.2 Å². The Morgan fingerprint density at radius 2 is 1.94 bits per heavy atom. The van der Waals surface area contributed by atoms with E-state index in [1.807, 2.05) is 0 Å². The van der Waals surface area contributed by atoms with Crippen molar-refractivity contribution in [2.75, 3.05) is 7.11 Å². The van der Waals surface area contributed by atoms with Gasteiger partial charge in [0.05, 0.1) is 19.6 Å². The Hall–Kier alpha value is -1.88. The molecule has 0 aromatic heterocycles. The smallest absolute Gasteiger partial charge is 0.389 e. The summed E-state index contributed by atoms with van der Waals surface area (Å²) >= 11 is 0. The van der Waals surface area contributed by atoms with Crippen molar-refractivity contribution < 1.29 is 17.9 Å². The predicted octanol–water partition coefficient (Wildman–Crippen LogP) is 4.00. The number of nitrogens with zero attached hydrogens (tertiary/aromatic N) is 3. The summed E-state index contributed by atoms with van der Waals surface area (Å²) in [5, 5.41) is 3.15. The summed E-state index contributed by atoms with van der Waals surface area (Å²) in [6.45, 7) is 0. The van der Waals surface area contributed by atoms with Crippen molar-refractivity contribution >= 4 is 0 Å². The van der Waals surface area contributed by atoms with Crippen molar-refractivity contribution in [3.63, 3.8) is 0 Å². The van der Waals surface area contributed by atoms with Crippen molar-refractivity contribution in [3.8, 4) is 5.75 Å². The second-order valence-electron chi connectivity index (χ2n) is 3.31. The van der Waals surface area contributed by atoms with Crippen molar-refractivity contribution in [1.82, 2.24) is 0 Å². The Morgan fingerprint density at radius 3 is 2.35 bits per heavy atom. The quantitative estimate of drug-likeness (QED) is 0.449. The van der Waals surface area contributed by atoms with Gasteiger partial charge in [-0.3, -0.25) is 0 Å². The van der Waals surface area contributed by atoms with Crippen LogP contribution in [0.25, 0.3) is 10.4 Å². The van der Waals surface area contributed by atoms with Crippen LogP contribution < -0.4 is 4.74 Å². The molecule has 0 bridgehead atoms. The number of halogens is 3. The van der Waals surface area contributed by atoms with Crippen LogP contribution >= 0.6 is 0 Å². The summed E-state index contributed by atoms with van der Waals surface area (Å²) in [6.07, 6.45) is -5.55. The molecular weight excluding hydrogens is 235 g/mol. The molecule has 0 saturated carbocycles. The Kier molecular flexibility index (Phi) is 4.23. The van der Waals surface area contributed by atoms with Crippen LogP contribution in [0, 0.1) is 0 Å². The zero-order valence-corrected chi connectivity index (χ0v) is 8.98. The van der Waals surface area contributed by atoms with Gasteiger partial charge in [-0.15, -0.1) is 0 Å². The normalized spacial score (nSPS) is 12.7. The van der Waals surface area contributed by atoms with Gasteiger partial charge >= 0.3 is 6.18 Å². The summed E-state index contributed by atoms with van der Waals surface area (Å²) in [5.74, 6) is 0.528. The van der Waals surface area contributed by atoms with Gasteiger partial charge in [0.15, 0.2) is 0 Å². The van der Waals surface area contributed by atoms with Crippen molar-refractivity contribution in [2.45, 2.75) is 18.6 Å². The molecule has 0 amide bonds. The molecule has 1 aromatic rings. The number of benzene rings is 1. The molecule has 0 heterocycles. The highest BCUT2D eigenvalue weighted by Gasteiger charge is 2.32. The van der Waals surface area contributed by atoms with E-state index in [2.05, 4.69) is 10.0 Å². The maximum atomic E-state index is 12.3. The number of azide groups is 1. The molecule has 0 radical (unpaired) electrons. The summed E-state index contributed by atoms with van der Waals surface area (Å²) in [6, 6.07) is 4.69. The van der Waals surface area contributed by atoms with E-state index in [4.69, 9.17) is 10.3 Å². The third-order valence-electron chi connectivity index (χ3n) is 2.12. The number of hydrogen-bond acceptors (Lipinski definition) is 2. The van der Waals surface area contributed by atoms with Crippen molar-refractivity contribution in [3.05, 3.63) is 40.3 Å². The van der Waals surface area contributed by atoms with Crippen LogP contribution in [0.5, 0.6) is 5.75 Å². The third-order valence-corrected chi connectivity index (χ3v) is 2.12. The summed E-state index contributed by atoms with van der Waals surface area (Å²) < 4.78 is 41.6. The van der Waals surface area contributed by atoms with Gasteiger partial charge in [-0.2, -0.15) is 13.2 Å². The lowest BCUT2D eigenvalue weighted by atomic mass is 10.0. The molecule has 0 aliphatic carbocycles. The standard InChI is InChI=1S/C10H10F3N3O/c1-17-8-4-2-7(3-5-8)9(15-16-14)6-10(11,12)13/h2-5,9H,6H2,1H3. The molecule has 92 valence electrons. The molecule has 0 aliphatic heterocycles. The molecule has 1 unspecified atom stereocenters. The molecule has 7 heteroatoms. The van der Waals surface area contributed by atoms with E-state index in [1.54, 1.807) is 0 Å². The first-order valence-corrected chi connectivity index (χ1v) is 4.71. The molecule has 1 aromatic carbocycles. The maximum absolute atomic E-state index is 12.3. The van der Waals surface area contributed by atoms with Crippen LogP contribution in [0.3, 0.4) is 0 Å². The lowest BCUT2D eigenvalue weighted by Gasteiger charge is -2.14. The first-order chi connectivity index (χ1) is 7.96. The highest BCUT2D eigenvalue weighted by molar-refractivity contribution is 5.29. The van der Waals surface area contributed by atoms with Crippen LogP contribution in [0.1, 0.15) is 18.0 Å². The Balaban J connectivity index is 2.93. The van der Waals surface area contributed by atoms with E-state index in [1.165, 1.54) is 31.4 Å². The maximum Gasteiger partial charge on any atom is 0.389 e. The lowest BCUT2D eigenvalue weighted by Crippen LogP contribution is -2.12. The summed E-state index contributed by atoms with van der Waals surface area (Å²) in [5.41, 5.74) is 8.57. The van der Waals surface area contributed by atoms with E-state index in [0.717, 1.165) is 0 Å². The Labute approximate surface area is 95.6 Å². The average Bonchev–Trinajstić information content (AvgIpc) is 2.27. The number of rotatable bonds is 4. The number of methoxy groups -OCH3 is 1. The largest absolute Gasteiger partial charge is 0.497 e. The topological polar surface area (TPSA) is 58.0 Å². The van der Waals surface area contributed by atoms with Gasteiger partial charge < -0.3 is 4.74 Å². The molecule has 0 N–H and O–H groups in total. The van der Waals surface area contributed by atoms with Crippen molar-refractivity contribution in [1.29, 1.82) is 0 Å². The van der Waals surface area contributed by atoms with E-state index >= 15 is 0 Å². The van der Waals surface area contributed by atoms with Crippen LogP contribution in [-0.2, 0) is 0 Å².